The second-order valence-corrected chi connectivity index (χ2v) is 3.98. The van der Waals surface area contributed by atoms with Gasteiger partial charge in [0.25, 0.3) is 0 Å². The molecule has 4 nitrogen and oxygen atoms in total. The van der Waals surface area contributed by atoms with Crippen LogP contribution < -0.4 is 0 Å². The van der Waals surface area contributed by atoms with Crippen LogP contribution in [-0.4, -0.2) is 24.6 Å². The molecule has 1 aromatic carbocycles. The molecule has 0 saturated heterocycles. The molecule has 0 aromatic heterocycles. The zero-order chi connectivity index (χ0) is 13.4. The van der Waals surface area contributed by atoms with Crippen LogP contribution in [-0.2, 0) is 14.3 Å². The lowest BCUT2D eigenvalue weighted by Gasteiger charge is -2.16. The van der Waals surface area contributed by atoms with Gasteiger partial charge in [0.15, 0.2) is 0 Å². The lowest BCUT2D eigenvalue weighted by molar-refractivity contribution is -0.144. The van der Waals surface area contributed by atoms with Crippen LogP contribution in [0.2, 0.25) is 0 Å². The molecule has 98 valence electrons. The van der Waals surface area contributed by atoms with Gasteiger partial charge in [-0.2, -0.15) is 0 Å². The first-order valence-corrected chi connectivity index (χ1v) is 6.03. The first-order valence-electron chi connectivity index (χ1n) is 6.03. The maximum absolute atomic E-state index is 11.8. The Bertz CT molecular complexity index is 386. The molecule has 1 aromatic rings. The minimum absolute atomic E-state index is 0.113. The molecule has 0 saturated carbocycles. The zero-order valence-corrected chi connectivity index (χ0v) is 10.7. The summed E-state index contributed by atoms with van der Waals surface area (Å²) in [5.41, 5.74) is 0.501. The van der Waals surface area contributed by atoms with Crippen LogP contribution in [0, 0.1) is 0 Å². The average molecular weight is 250 g/mol. The van der Waals surface area contributed by atoms with Gasteiger partial charge >= 0.3 is 11.9 Å². The van der Waals surface area contributed by atoms with Crippen LogP contribution in [0.15, 0.2) is 30.3 Å². The number of hydrogen-bond acceptors (Lipinski definition) is 4. The van der Waals surface area contributed by atoms with Crippen molar-refractivity contribution in [1.29, 1.82) is 0 Å². The van der Waals surface area contributed by atoms with Gasteiger partial charge in [0.1, 0.15) is 12.7 Å². The van der Waals surface area contributed by atoms with E-state index in [0.29, 0.717) is 12.0 Å². The van der Waals surface area contributed by atoms with Crippen molar-refractivity contribution in [2.75, 3.05) is 6.61 Å². The van der Waals surface area contributed by atoms with Gasteiger partial charge in [-0.25, -0.2) is 4.79 Å². The van der Waals surface area contributed by atoms with Gasteiger partial charge in [0.2, 0.25) is 0 Å². The minimum Gasteiger partial charge on any atom is -0.462 e. The Kier molecular flexibility index (Phi) is 5.91. The second kappa shape index (κ2) is 7.48. The van der Waals surface area contributed by atoms with Crippen LogP contribution in [0.4, 0.5) is 0 Å². The quantitative estimate of drug-likeness (QED) is 0.728. The van der Waals surface area contributed by atoms with E-state index in [4.69, 9.17) is 9.47 Å². The van der Waals surface area contributed by atoms with E-state index >= 15 is 0 Å². The number of benzene rings is 1. The standard InChI is InChI=1S/C14H18O4/c1-3-7-13(10-17-11(2)15)18-14(16)12-8-5-4-6-9-12/h4-6,8-9,13H,3,7,10H2,1-2H3/t13-/m1/s1. The third kappa shape index (κ3) is 4.99. The molecule has 0 fully saturated rings. The maximum Gasteiger partial charge on any atom is 0.338 e. The van der Waals surface area contributed by atoms with Crippen LogP contribution in [0.1, 0.15) is 37.0 Å². The number of carbonyl (C=O) groups is 2. The molecule has 0 aliphatic carbocycles. The van der Waals surface area contributed by atoms with E-state index in [1.807, 2.05) is 13.0 Å². The molecular weight excluding hydrogens is 232 g/mol. The fourth-order valence-electron chi connectivity index (χ4n) is 1.50. The number of rotatable bonds is 6. The lowest BCUT2D eigenvalue weighted by atomic mass is 10.2. The molecule has 0 heterocycles. The largest absolute Gasteiger partial charge is 0.462 e. The normalized spacial score (nSPS) is 11.7. The van der Waals surface area contributed by atoms with Gasteiger partial charge in [-0.15, -0.1) is 0 Å². The Morgan fingerprint density at radius 3 is 2.44 bits per heavy atom. The Morgan fingerprint density at radius 2 is 1.89 bits per heavy atom. The van der Waals surface area contributed by atoms with Gasteiger partial charge in [0.05, 0.1) is 5.56 Å². The fraction of sp³-hybridized carbons (Fsp3) is 0.429. The summed E-state index contributed by atoms with van der Waals surface area (Å²) in [5, 5.41) is 0. The van der Waals surface area contributed by atoms with Crippen molar-refractivity contribution in [3.63, 3.8) is 0 Å². The summed E-state index contributed by atoms with van der Waals surface area (Å²) in [6, 6.07) is 8.77. The van der Waals surface area contributed by atoms with E-state index in [-0.39, 0.29) is 24.6 Å². The van der Waals surface area contributed by atoms with Crippen molar-refractivity contribution in [2.24, 2.45) is 0 Å². The Hall–Kier alpha value is -1.84. The van der Waals surface area contributed by atoms with Gasteiger partial charge in [-0.05, 0) is 18.6 Å². The number of ether oxygens (including phenoxy) is 2. The molecule has 4 heteroatoms. The van der Waals surface area contributed by atoms with Crippen molar-refractivity contribution >= 4 is 11.9 Å². The topological polar surface area (TPSA) is 52.6 Å². The van der Waals surface area contributed by atoms with Crippen molar-refractivity contribution in [1.82, 2.24) is 0 Å². The third-order valence-electron chi connectivity index (χ3n) is 2.37. The van der Waals surface area contributed by atoms with Gasteiger partial charge in [-0.3, -0.25) is 4.79 Å². The molecular formula is C14H18O4. The SMILES string of the molecule is CCC[C@H](COC(C)=O)OC(=O)c1ccccc1. The summed E-state index contributed by atoms with van der Waals surface area (Å²) >= 11 is 0. The summed E-state index contributed by atoms with van der Waals surface area (Å²) in [6.45, 7) is 3.43. The predicted octanol–water partition coefficient (Wildman–Crippen LogP) is 2.58. The molecule has 0 bridgehead atoms. The van der Waals surface area contributed by atoms with Crippen LogP contribution in [0.3, 0.4) is 0 Å². The zero-order valence-electron chi connectivity index (χ0n) is 10.7. The van der Waals surface area contributed by atoms with Gasteiger partial charge in [-0.1, -0.05) is 31.5 Å². The summed E-state index contributed by atoms with van der Waals surface area (Å²) < 4.78 is 10.2. The monoisotopic (exact) mass is 250 g/mol. The summed E-state index contributed by atoms with van der Waals surface area (Å²) in [5.74, 6) is -0.756. The maximum atomic E-state index is 11.8. The lowest BCUT2D eigenvalue weighted by Crippen LogP contribution is -2.24. The highest BCUT2D eigenvalue weighted by Crippen LogP contribution is 2.08. The van der Waals surface area contributed by atoms with Crippen molar-refractivity contribution in [3.05, 3.63) is 35.9 Å². The highest BCUT2D eigenvalue weighted by molar-refractivity contribution is 5.89. The molecule has 18 heavy (non-hydrogen) atoms. The van der Waals surface area contributed by atoms with E-state index < -0.39 is 0 Å². The van der Waals surface area contributed by atoms with Crippen molar-refractivity contribution < 1.29 is 19.1 Å². The van der Waals surface area contributed by atoms with Crippen LogP contribution in [0.5, 0.6) is 0 Å². The van der Waals surface area contributed by atoms with Gasteiger partial charge < -0.3 is 9.47 Å². The van der Waals surface area contributed by atoms with Crippen molar-refractivity contribution in [2.45, 2.75) is 32.8 Å². The van der Waals surface area contributed by atoms with Crippen molar-refractivity contribution in [3.8, 4) is 0 Å². The molecule has 0 unspecified atom stereocenters. The third-order valence-corrected chi connectivity index (χ3v) is 2.37. The fourth-order valence-corrected chi connectivity index (χ4v) is 1.50. The van der Waals surface area contributed by atoms with Crippen LogP contribution >= 0.6 is 0 Å². The molecule has 0 amide bonds. The molecule has 1 atom stereocenters. The van der Waals surface area contributed by atoms with E-state index in [0.717, 1.165) is 6.42 Å². The smallest absolute Gasteiger partial charge is 0.338 e. The van der Waals surface area contributed by atoms with Crippen LogP contribution in [0.25, 0.3) is 0 Å². The molecule has 0 spiro atoms. The average Bonchev–Trinajstić information content (AvgIpc) is 2.37. The highest BCUT2D eigenvalue weighted by Gasteiger charge is 2.16. The molecule has 0 aliphatic heterocycles. The molecule has 0 N–H and O–H groups in total. The minimum atomic E-state index is -0.388. The number of esters is 2. The Balaban J connectivity index is 2.54. The summed E-state index contributed by atoms with van der Waals surface area (Å²) in [6.07, 6.45) is 1.14. The molecule has 0 aliphatic rings. The van der Waals surface area contributed by atoms with E-state index in [1.54, 1.807) is 24.3 Å². The summed E-state index contributed by atoms with van der Waals surface area (Å²) in [7, 11) is 0. The molecule has 0 radical (unpaired) electrons. The Morgan fingerprint density at radius 1 is 1.22 bits per heavy atom. The number of hydrogen-bond donors (Lipinski definition) is 0. The van der Waals surface area contributed by atoms with E-state index in [9.17, 15) is 9.59 Å². The number of carbonyl (C=O) groups excluding carboxylic acids is 2. The van der Waals surface area contributed by atoms with Gasteiger partial charge in [0, 0.05) is 6.92 Å². The van der Waals surface area contributed by atoms with E-state index in [1.165, 1.54) is 6.92 Å². The highest BCUT2D eigenvalue weighted by atomic mass is 16.6. The second-order valence-electron chi connectivity index (χ2n) is 3.98. The first-order chi connectivity index (χ1) is 8.63. The molecule has 1 rings (SSSR count). The Labute approximate surface area is 107 Å². The predicted molar refractivity (Wildman–Crippen MR) is 67.2 cm³/mol. The van der Waals surface area contributed by atoms with E-state index in [2.05, 4.69) is 0 Å². The summed E-state index contributed by atoms with van der Waals surface area (Å²) in [4.78, 5) is 22.6. The first kappa shape index (κ1) is 14.2.